The van der Waals surface area contributed by atoms with Gasteiger partial charge in [0, 0.05) is 0 Å². The van der Waals surface area contributed by atoms with Gasteiger partial charge < -0.3 is 19.7 Å². The molecule has 0 radical (unpaired) electrons. The van der Waals surface area contributed by atoms with E-state index in [1.54, 1.807) is 44.4 Å². The maximum Gasteiger partial charge on any atom is 0.296 e. The SMILES string of the molecule is CCOc1cc(C2C(C(=O)/C=C/c3ccccc3)=C(O)C(=O)N2c2nc3ccc(OC)cc3s2)ccc1O. The maximum absolute atomic E-state index is 13.5. The Morgan fingerprint density at radius 2 is 1.89 bits per heavy atom. The number of carbonyl (C=O) groups is 2. The highest BCUT2D eigenvalue weighted by Gasteiger charge is 2.45. The molecule has 1 atom stereocenters. The summed E-state index contributed by atoms with van der Waals surface area (Å²) < 4.78 is 11.6. The van der Waals surface area contributed by atoms with Gasteiger partial charge in [-0.05, 0) is 54.5 Å². The monoisotopic (exact) mass is 528 g/mol. The van der Waals surface area contributed by atoms with Gasteiger partial charge in [0.25, 0.3) is 5.91 Å². The number of methoxy groups -OCH3 is 1. The smallest absolute Gasteiger partial charge is 0.296 e. The van der Waals surface area contributed by atoms with Gasteiger partial charge in [0.05, 0.1) is 35.5 Å². The molecule has 1 aliphatic heterocycles. The number of aliphatic hydroxyl groups excluding tert-OH is 1. The number of phenols is 1. The minimum Gasteiger partial charge on any atom is -0.504 e. The van der Waals surface area contributed by atoms with Crippen LogP contribution in [0, 0.1) is 0 Å². The zero-order chi connectivity index (χ0) is 26.8. The van der Waals surface area contributed by atoms with E-state index in [0.29, 0.717) is 28.6 Å². The number of phenolic OH excluding ortho intramolecular Hbond substituents is 1. The van der Waals surface area contributed by atoms with Crippen LogP contribution in [0.4, 0.5) is 5.13 Å². The Hall–Kier alpha value is -4.63. The topological polar surface area (TPSA) is 109 Å². The summed E-state index contributed by atoms with van der Waals surface area (Å²) in [5.74, 6) is -1.17. The molecule has 0 spiro atoms. The van der Waals surface area contributed by atoms with Crippen molar-refractivity contribution in [2.75, 3.05) is 18.6 Å². The number of aromatic nitrogens is 1. The van der Waals surface area contributed by atoms with Gasteiger partial charge in [-0.3, -0.25) is 14.5 Å². The number of allylic oxidation sites excluding steroid dienone is 1. The van der Waals surface area contributed by atoms with E-state index in [9.17, 15) is 19.8 Å². The van der Waals surface area contributed by atoms with Crippen LogP contribution in [0.25, 0.3) is 16.3 Å². The number of aromatic hydroxyl groups is 1. The van der Waals surface area contributed by atoms with E-state index in [2.05, 4.69) is 4.98 Å². The number of benzene rings is 3. The van der Waals surface area contributed by atoms with Crippen molar-refractivity contribution in [1.29, 1.82) is 0 Å². The highest BCUT2D eigenvalue weighted by atomic mass is 32.1. The number of nitrogens with zero attached hydrogens (tertiary/aromatic N) is 2. The minimum absolute atomic E-state index is 0.0800. The molecule has 3 aromatic carbocycles. The number of ketones is 1. The van der Waals surface area contributed by atoms with Gasteiger partial charge in [-0.25, -0.2) is 4.98 Å². The molecule has 1 unspecified atom stereocenters. The lowest BCUT2D eigenvalue weighted by Gasteiger charge is -2.24. The summed E-state index contributed by atoms with van der Waals surface area (Å²) in [6.45, 7) is 2.08. The molecule has 0 fully saturated rings. The predicted octanol–water partition coefficient (Wildman–Crippen LogP) is 5.59. The molecule has 5 rings (SSSR count). The van der Waals surface area contributed by atoms with Gasteiger partial charge in [0.15, 0.2) is 28.2 Å². The van der Waals surface area contributed by atoms with Gasteiger partial charge in [-0.2, -0.15) is 0 Å². The number of hydrogen-bond donors (Lipinski definition) is 2. The van der Waals surface area contributed by atoms with Gasteiger partial charge in [0.2, 0.25) is 0 Å². The summed E-state index contributed by atoms with van der Waals surface area (Å²) in [6, 6.07) is 18.2. The standard InChI is InChI=1S/C29H24N2O6S/c1-3-37-23-15-18(10-14-21(23)32)26-25(22(33)13-9-17-7-5-4-6-8-17)27(34)28(35)31(26)29-30-20-12-11-19(36-2)16-24(20)38-29/h4-16,26,32,34H,3H2,1-2H3/b13-9+. The molecule has 0 saturated heterocycles. The number of thiazole rings is 1. The Bertz CT molecular complexity index is 1590. The second-order valence-electron chi connectivity index (χ2n) is 8.44. The molecule has 0 saturated carbocycles. The molecule has 192 valence electrons. The molecule has 2 N–H and O–H groups in total. The van der Waals surface area contributed by atoms with Crippen LogP contribution >= 0.6 is 11.3 Å². The molecule has 0 bridgehead atoms. The average molecular weight is 529 g/mol. The van der Waals surface area contributed by atoms with Crippen LogP contribution in [0.2, 0.25) is 0 Å². The average Bonchev–Trinajstić information content (AvgIpc) is 3.46. The van der Waals surface area contributed by atoms with Crippen molar-refractivity contribution >= 4 is 44.5 Å². The second kappa shape index (κ2) is 10.4. The normalized spacial score (nSPS) is 15.6. The van der Waals surface area contributed by atoms with Crippen molar-refractivity contribution in [3.63, 3.8) is 0 Å². The lowest BCUT2D eigenvalue weighted by molar-refractivity contribution is -0.117. The van der Waals surface area contributed by atoms with Crippen molar-refractivity contribution in [3.05, 3.63) is 95.3 Å². The van der Waals surface area contributed by atoms with E-state index >= 15 is 0 Å². The minimum atomic E-state index is -1.00. The first-order valence-corrected chi connectivity index (χ1v) is 12.7. The molecule has 1 amide bonds. The third-order valence-electron chi connectivity index (χ3n) is 6.09. The zero-order valence-corrected chi connectivity index (χ0v) is 21.4. The van der Waals surface area contributed by atoms with Crippen molar-refractivity contribution in [2.24, 2.45) is 0 Å². The Morgan fingerprint density at radius 3 is 2.63 bits per heavy atom. The molecular weight excluding hydrogens is 504 g/mol. The van der Waals surface area contributed by atoms with Crippen LogP contribution in [0.5, 0.6) is 17.2 Å². The van der Waals surface area contributed by atoms with Crippen LogP contribution in [0.15, 0.2) is 84.1 Å². The lowest BCUT2D eigenvalue weighted by atomic mass is 9.95. The number of fused-ring (bicyclic) bond motifs is 1. The number of aliphatic hydroxyl groups is 1. The van der Waals surface area contributed by atoms with Crippen LogP contribution < -0.4 is 14.4 Å². The highest BCUT2D eigenvalue weighted by Crippen LogP contribution is 2.45. The summed E-state index contributed by atoms with van der Waals surface area (Å²) in [5.41, 5.74) is 1.81. The summed E-state index contributed by atoms with van der Waals surface area (Å²) in [7, 11) is 1.56. The quantitative estimate of drug-likeness (QED) is 0.287. The van der Waals surface area contributed by atoms with Crippen LogP contribution in [-0.4, -0.2) is 40.6 Å². The number of amides is 1. The van der Waals surface area contributed by atoms with E-state index in [0.717, 1.165) is 10.3 Å². The second-order valence-corrected chi connectivity index (χ2v) is 9.45. The highest BCUT2D eigenvalue weighted by molar-refractivity contribution is 7.22. The van der Waals surface area contributed by atoms with Gasteiger partial charge in [0.1, 0.15) is 5.75 Å². The molecule has 9 heteroatoms. The molecule has 8 nitrogen and oxygen atoms in total. The fraction of sp³-hybridized carbons (Fsp3) is 0.138. The van der Waals surface area contributed by atoms with E-state index in [-0.39, 0.29) is 17.1 Å². The van der Waals surface area contributed by atoms with E-state index < -0.39 is 23.5 Å². The van der Waals surface area contributed by atoms with E-state index in [1.807, 2.05) is 36.4 Å². The van der Waals surface area contributed by atoms with Crippen molar-refractivity contribution in [2.45, 2.75) is 13.0 Å². The van der Waals surface area contributed by atoms with Crippen LogP contribution in [0.1, 0.15) is 24.1 Å². The lowest BCUT2D eigenvalue weighted by Crippen LogP contribution is -2.30. The Kier molecular flexibility index (Phi) is 6.85. The van der Waals surface area contributed by atoms with Gasteiger partial charge in [-0.15, -0.1) is 0 Å². The zero-order valence-electron chi connectivity index (χ0n) is 20.6. The largest absolute Gasteiger partial charge is 0.504 e. The van der Waals surface area contributed by atoms with Crippen molar-refractivity contribution < 1.29 is 29.3 Å². The Labute approximate surface area is 222 Å². The summed E-state index contributed by atoms with van der Waals surface area (Å²) in [4.78, 5) is 32.8. The summed E-state index contributed by atoms with van der Waals surface area (Å²) in [6.07, 6.45) is 2.96. The van der Waals surface area contributed by atoms with Crippen LogP contribution in [-0.2, 0) is 9.59 Å². The first kappa shape index (κ1) is 25.0. The number of carbonyl (C=O) groups excluding carboxylic acids is 2. The Balaban J connectivity index is 1.63. The molecule has 38 heavy (non-hydrogen) atoms. The fourth-order valence-corrected chi connectivity index (χ4v) is 5.31. The third kappa shape index (κ3) is 4.59. The first-order valence-electron chi connectivity index (χ1n) is 11.9. The molecular formula is C29H24N2O6S. The first-order chi connectivity index (χ1) is 18.4. The summed E-state index contributed by atoms with van der Waals surface area (Å²) in [5, 5.41) is 21.5. The maximum atomic E-state index is 13.5. The number of ether oxygens (including phenoxy) is 2. The fourth-order valence-electron chi connectivity index (χ4n) is 4.29. The molecule has 1 aromatic heterocycles. The van der Waals surface area contributed by atoms with Gasteiger partial charge >= 0.3 is 0 Å². The number of hydrogen-bond acceptors (Lipinski definition) is 8. The molecule has 2 heterocycles. The molecule has 4 aromatic rings. The third-order valence-corrected chi connectivity index (χ3v) is 7.11. The summed E-state index contributed by atoms with van der Waals surface area (Å²) >= 11 is 1.24. The Morgan fingerprint density at radius 1 is 1.11 bits per heavy atom. The molecule has 0 aliphatic carbocycles. The van der Waals surface area contributed by atoms with E-state index in [4.69, 9.17) is 9.47 Å². The van der Waals surface area contributed by atoms with Crippen molar-refractivity contribution in [1.82, 2.24) is 4.98 Å². The molecule has 1 aliphatic rings. The number of rotatable bonds is 8. The number of anilines is 1. The van der Waals surface area contributed by atoms with Crippen LogP contribution in [0.3, 0.4) is 0 Å². The van der Waals surface area contributed by atoms with Crippen molar-refractivity contribution in [3.8, 4) is 17.2 Å². The van der Waals surface area contributed by atoms with E-state index in [1.165, 1.54) is 28.4 Å². The predicted molar refractivity (Wildman–Crippen MR) is 146 cm³/mol. The van der Waals surface area contributed by atoms with Gasteiger partial charge in [-0.1, -0.05) is 53.8 Å².